The lowest BCUT2D eigenvalue weighted by molar-refractivity contribution is -0.123. The molecule has 0 unspecified atom stereocenters. The van der Waals surface area contributed by atoms with Gasteiger partial charge in [-0.3, -0.25) is 19.3 Å². The lowest BCUT2D eigenvalue weighted by Gasteiger charge is -2.33. The minimum atomic E-state index is -0.589. The van der Waals surface area contributed by atoms with Crippen molar-refractivity contribution in [3.63, 3.8) is 0 Å². The third-order valence-electron chi connectivity index (χ3n) is 7.94. The summed E-state index contributed by atoms with van der Waals surface area (Å²) in [6.45, 7) is 8.78. The highest BCUT2D eigenvalue weighted by molar-refractivity contribution is 7.09. The molecule has 12 heteroatoms. The predicted molar refractivity (Wildman–Crippen MR) is 166 cm³/mol. The zero-order valence-corrected chi connectivity index (χ0v) is 26.4. The van der Waals surface area contributed by atoms with E-state index < -0.39 is 18.0 Å². The minimum absolute atomic E-state index is 0.135. The molecule has 236 valence electrons. The van der Waals surface area contributed by atoms with E-state index in [1.165, 1.54) is 17.6 Å². The number of oxazole rings is 1. The first-order valence-corrected chi connectivity index (χ1v) is 16.3. The van der Waals surface area contributed by atoms with Crippen LogP contribution in [0.25, 0.3) is 0 Å². The Labute approximate surface area is 262 Å². The van der Waals surface area contributed by atoms with Crippen LogP contribution in [-0.2, 0) is 16.0 Å². The number of hydrogen-bond donors (Lipinski definition) is 3. The summed E-state index contributed by atoms with van der Waals surface area (Å²) in [6.07, 6.45) is 4.44. The molecule has 5 rings (SSSR count). The Hall–Kier alpha value is -3.61. The zero-order chi connectivity index (χ0) is 31.1. The highest BCUT2D eigenvalue weighted by Gasteiger charge is 2.28. The van der Waals surface area contributed by atoms with Gasteiger partial charge in [0.1, 0.15) is 23.0 Å². The van der Waals surface area contributed by atoms with E-state index in [9.17, 15) is 14.4 Å². The number of ether oxygens (including phenoxy) is 1. The maximum Gasteiger partial charge on any atom is 0.273 e. The Morgan fingerprint density at radius 2 is 1.75 bits per heavy atom. The lowest BCUT2D eigenvalue weighted by Crippen LogP contribution is -2.49. The van der Waals surface area contributed by atoms with Crippen molar-refractivity contribution >= 4 is 29.1 Å². The molecule has 3 atom stereocenters. The van der Waals surface area contributed by atoms with Gasteiger partial charge < -0.3 is 25.1 Å². The van der Waals surface area contributed by atoms with E-state index in [2.05, 4.69) is 44.7 Å². The molecule has 4 bridgehead atoms. The topological polar surface area (TPSA) is 139 Å². The van der Waals surface area contributed by atoms with Crippen LogP contribution in [-0.4, -0.2) is 71.5 Å². The third-order valence-corrected chi connectivity index (χ3v) is 8.90. The number of nitrogens with one attached hydrogen (secondary N) is 3. The number of aromatic nitrogens is 2. The maximum atomic E-state index is 13.7. The van der Waals surface area contributed by atoms with Crippen LogP contribution < -0.4 is 16.0 Å². The number of hydrogen-bond acceptors (Lipinski definition) is 9. The molecular weight excluding hydrogens is 580 g/mol. The van der Waals surface area contributed by atoms with Gasteiger partial charge in [0, 0.05) is 37.7 Å². The van der Waals surface area contributed by atoms with Crippen molar-refractivity contribution in [3.05, 3.63) is 69.8 Å². The molecule has 3 amide bonds. The molecule has 0 spiro atoms. The SMILES string of the molecule is CC(C)C[C@@H]1CN(CC2CCOCC2)CC(=O)N[C@H](Cc2ccccc2)c2nc(cs2)C(=O)N[C@H](C)c2nc(co2)C(=O)N1. The van der Waals surface area contributed by atoms with Crippen molar-refractivity contribution in [2.45, 2.75) is 64.6 Å². The Balaban J connectivity index is 1.46. The van der Waals surface area contributed by atoms with Crippen LogP contribution in [0.4, 0.5) is 0 Å². The number of rotatable bonds is 6. The van der Waals surface area contributed by atoms with Gasteiger partial charge >= 0.3 is 0 Å². The Bertz CT molecular complexity index is 1400. The summed E-state index contributed by atoms with van der Waals surface area (Å²) in [5.74, 6) is 0.0574. The molecular formula is C32H42N6O5S. The average molecular weight is 623 g/mol. The highest BCUT2D eigenvalue weighted by atomic mass is 32.1. The fraction of sp³-hybridized carbons (Fsp3) is 0.531. The average Bonchev–Trinajstić information content (AvgIpc) is 3.68. The highest BCUT2D eigenvalue weighted by Crippen LogP contribution is 2.24. The molecule has 1 saturated heterocycles. The fourth-order valence-corrected chi connectivity index (χ4v) is 6.63. The summed E-state index contributed by atoms with van der Waals surface area (Å²) in [4.78, 5) is 51.3. The smallest absolute Gasteiger partial charge is 0.273 e. The third kappa shape index (κ3) is 8.73. The van der Waals surface area contributed by atoms with Crippen LogP contribution >= 0.6 is 11.3 Å². The Kier molecular flexibility index (Phi) is 10.8. The second-order valence-corrected chi connectivity index (χ2v) is 13.1. The number of carbonyl (C=O) groups excluding carboxylic acids is 3. The van der Waals surface area contributed by atoms with E-state index >= 15 is 0 Å². The number of fused-ring (bicyclic) bond motifs is 4. The van der Waals surface area contributed by atoms with Crippen LogP contribution in [0.5, 0.6) is 0 Å². The molecule has 2 aromatic heterocycles. The van der Waals surface area contributed by atoms with E-state index in [4.69, 9.17) is 9.15 Å². The molecule has 11 nitrogen and oxygen atoms in total. The lowest BCUT2D eigenvalue weighted by atomic mass is 9.98. The van der Waals surface area contributed by atoms with Gasteiger partial charge in [-0.05, 0) is 50.0 Å². The van der Waals surface area contributed by atoms with Crippen LogP contribution in [0.2, 0.25) is 0 Å². The molecule has 3 N–H and O–H groups in total. The summed E-state index contributed by atoms with van der Waals surface area (Å²) >= 11 is 1.34. The van der Waals surface area contributed by atoms with E-state index in [1.807, 2.05) is 30.3 Å². The number of amides is 3. The molecule has 4 heterocycles. The maximum absolute atomic E-state index is 13.7. The van der Waals surface area contributed by atoms with Gasteiger partial charge in [0.15, 0.2) is 5.69 Å². The number of nitrogens with zero attached hydrogens (tertiary/aromatic N) is 3. The summed E-state index contributed by atoms with van der Waals surface area (Å²) < 4.78 is 11.2. The number of benzene rings is 1. The summed E-state index contributed by atoms with van der Waals surface area (Å²) in [6, 6.07) is 8.70. The van der Waals surface area contributed by atoms with Crippen molar-refractivity contribution in [2.24, 2.45) is 11.8 Å². The monoisotopic (exact) mass is 622 g/mol. The summed E-state index contributed by atoms with van der Waals surface area (Å²) in [7, 11) is 0. The first-order valence-electron chi connectivity index (χ1n) is 15.4. The van der Waals surface area contributed by atoms with E-state index in [0.717, 1.165) is 31.4 Å². The number of thiazole rings is 1. The normalized spacial score (nSPS) is 23.0. The van der Waals surface area contributed by atoms with Crippen molar-refractivity contribution < 1.29 is 23.5 Å². The molecule has 44 heavy (non-hydrogen) atoms. The van der Waals surface area contributed by atoms with Gasteiger partial charge in [-0.15, -0.1) is 11.3 Å². The summed E-state index contributed by atoms with van der Waals surface area (Å²) in [5.41, 5.74) is 1.44. The van der Waals surface area contributed by atoms with Gasteiger partial charge in [-0.25, -0.2) is 9.97 Å². The standard InChI is InChI=1S/C32H42N6O5S/c1-20(2)13-24-16-38(15-23-9-11-42-12-10-23)17-28(39)35-25(14-22-7-5-4-6-8-22)32-37-27(19-44-32)30(41)33-21(3)31-36-26(18-43-31)29(40)34-24/h4-8,18-21,23-25H,9-17H2,1-3H3,(H,33,41)(H,34,40)(H,35,39)/t21-,24-,25-/m1/s1. The van der Waals surface area contributed by atoms with Crippen LogP contribution in [0.15, 0.2) is 46.4 Å². The van der Waals surface area contributed by atoms with Gasteiger partial charge in [-0.1, -0.05) is 44.2 Å². The first-order chi connectivity index (χ1) is 21.2. The quantitative estimate of drug-likeness (QED) is 0.376. The van der Waals surface area contributed by atoms with Gasteiger partial charge in [0.05, 0.1) is 12.6 Å². The predicted octanol–water partition coefficient (Wildman–Crippen LogP) is 3.91. The first kappa shape index (κ1) is 31.8. The van der Waals surface area contributed by atoms with E-state index in [-0.39, 0.29) is 41.7 Å². The molecule has 1 fully saturated rings. The molecule has 2 aliphatic rings. The van der Waals surface area contributed by atoms with Crippen LogP contribution in [0.3, 0.4) is 0 Å². The summed E-state index contributed by atoms with van der Waals surface area (Å²) in [5, 5.41) is 11.6. The van der Waals surface area contributed by atoms with Crippen molar-refractivity contribution in [2.75, 3.05) is 32.8 Å². The van der Waals surface area contributed by atoms with E-state index in [0.29, 0.717) is 43.0 Å². The molecule has 0 saturated carbocycles. The van der Waals surface area contributed by atoms with Crippen molar-refractivity contribution in [1.29, 1.82) is 0 Å². The Morgan fingerprint density at radius 1 is 1.00 bits per heavy atom. The molecule has 3 aromatic rings. The molecule has 0 radical (unpaired) electrons. The fourth-order valence-electron chi connectivity index (χ4n) is 5.78. The van der Waals surface area contributed by atoms with Gasteiger partial charge in [0.2, 0.25) is 11.8 Å². The van der Waals surface area contributed by atoms with Crippen molar-refractivity contribution in [1.82, 2.24) is 30.8 Å². The Morgan fingerprint density at radius 3 is 2.50 bits per heavy atom. The minimum Gasteiger partial charge on any atom is -0.446 e. The van der Waals surface area contributed by atoms with E-state index in [1.54, 1.807) is 12.3 Å². The van der Waals surface area contributed by atoms with Gasteiger partial charge in [0.25, 0.3) is 11.8 Å². The zero-order valence-electron chi connectivity index (χ0n) is 25.6. The van der Waals surface area contributed by atoms with Gasteiger partial charge in [-0.2, -0.15) is 0 Å². The van der Waals surface area contributed by atoms with Crippen LogP contribution in [0, 0.1) is 11.8 Å². The molecule has 2 aliphatic heterocycles. The molecule has 0 aliphatic carbocycles. The number of carbonyl (C=O) groups is 3. The largest absolute Gasteiger partial charge is 0.446 e. The van der Waals surface area contributed by atoms with Crippen LogP contribution in [0.1, 0.15) is 89.6 Å². The molecule has 1 aromatic carbocycles. The second-order valence-electron chi connectivity index (χ2n) is 12.2. The second kappa shape index (κ2) is 14.9. The van der Waals surface area contributed by atoms with Crippen molar-refractivity contribution in [3.8, 4) is 0 Å².